The molecular formula is C28H36O4Si. The molecule has 4 nitrogen and oxygen atoms in total. The number of hydrogen-bond donors (Lipinski definition) is 0. The molecule has 0 amide bonds. The molecule has 0 N–H and O–H groups in total. The summed E-state index contributed by atoms with van der Waals surface area (Å²) in [6.07, 6.45) is 0.778. The zero-order valence-corrected chi connectivity index (χ0v) is 21.0. The average Bonchev–Trinajstić information content (AvgIpc) is 2.86. The molecule has 33 heavy (non-hydrogen) atoms. The summed E-state index contributed by atoms with van der Waals surface area (Å²) in [5.41, 5.74) is 2.60. The van der Waals surface area contributed by atoms with Crippen molar-refractivity contribution < 1.29 is 18.0 Å². The third-order valence-electron chi connectivity index (χ3n) is 5.58. The lowest BCUT2D eigenvalue weighted by Crippen LogP contribution is -2.46. The lowest BCUT2D eigenvalue weighted by molar-refractivity contribution is 0.00899. The average molecular weight is 465 g/mol. The Morgan fingerprint density at radius 3 is 1.27 bits per heavy atom. The SMILES string of the molecule is CCO[Si](CCCOC(c1ccccc1)(c1ccccc1)c1ccccc1)(OCC)OCC. The van der Waals surface area contributed by atoms with Gasteiger partial charge in [-0.05, 0) is 43.9 Å². The fourth-order valence-electron chi connectivity index (χ4n) is 4.28. The minimum absolute atomic E-state index is 0.542. The molecule has 0 spiro atoms. The molecule has 3 aromatic rings. The van der Waals surface area contributed by atoms with Crippen molar-refractivity contribution in [3.8, 4) is 0 Å². The first kappa shape index (κ1) is 25.3. The first-order valence-electron chi connectivity index (χ1n) is 11.9. The molecule has 3 rings (SSSR count). The number of ether oxygens (including phenoxy) is 1. The lowest BCUT2D eigenvalue weighted by Gasteiger charge is -2.36. The van der Waals surface area contributed by atoms with Gasteiger partial charge in [0.15, 0.2) is 0 Å². The van der Waals surface area contributed by atoms with Gasteiger partial charge >= 0.3 is 8.80 Å². The van der Waals surface area contributed by atoms with E-state index in [1.807, 2.05) is 39.0 Å². The molecule has 0 aliphatic heterocycles. The normalized spacial score (nSPS) is 12.1. The van der Waals surface area contributed by atoms with Gasteiger partial charge in [0.2, 0.25) is 0 Å². The molecule has 0 aromatic heterocycles. The summed E-state index contributed by atoms with van der Waals surface area (Å²) in [6, 6.07) is 32.1. The maximum absolute atomic E-state index is 6.87. The Morgan fingerprint density at radius 2 is 0.939 bits per heavy atom. The number of benzene rings is 3. The predicted molar refractivity (Wildman–Crippen MR) is 135 cm³/mol. The Balaban J connectivity index is 1.92. The summed E-state index contributed by atoms with van der Waals surface area (Å²) in [5.74, 6) is 0. The summed E-state index contributed by atoms with van der Waals surface area (Å²) < 4.78 is 25.0. The monoisotopic (exact) mass is 464 g/mol. The molecule has 0 unspecified atom stereocenters. The Labute approximate surface area is 199 Å². The van der Waals surface area contributed by atoms with Crippen LogP contribution in [0.1, 0.15) is 43.9 Å². The van der Waals surface area contributed by atoms with Crippen LogP contribution >= 0.6 is 0 Å². The van der Waals surface area contributed by atoms with Crippen molar-refractivity contribution in [2.24, 2.45) is 0 Å². The van der Waals surface area contributed by atoms with Crippen molar-refractivity contribution in [1.29, 1.82) is 0 Å². The Bertz CT molecular complexity index is 805. The second-order valence-electron chi connectivity index (χ2n) is 7.71. The van der Waals surface area contributed by atoms with Gasteiger partial charge in [-0.15, -0.1) is 0 Å². The van der Waals surface area contributed by atoms with Crippen molar-refractivity contribution >= 4 is 8.80 Å². The van der Waals surface area contributed by atoms with E-state index in [4.69, 9.17) is 18.0 Å². The lowest BCUT2D eigenvalue weighted by atomic mass is 9.80. The fourth-order valence-corrected chi connectivity index (χ4v) is 6.86. The van der Waals surface area contributed by atoms with Crippen molar-refractivity contribution in [2.45, 2.75) is 38.8 Å². The van der Waals surface area contributed by atoms with E-state index in [2.05, 4.69) is 72.8 Å². The van der Waals surface area contributed by atoms with Crippen molar-refractivity contribution in [1.82, 2.24) is 0 Å². The van der Waals surface area contributed by atoms with Crippen LogP contribution in [-0.4, -0.2) is 35.2 Å². The quantitative estimate of drug-likeness (QED) is 0.156. The fraction of sp³-hybridized carbons (Fsp3) is 0.357. The van der Waals surface area contributed by atoms with Gasteiger partial charge in [-0.1, -0.05) is 91.0 Å². The summed E-state index contributed by atoms with van der Waals surface area (Å²) in [6.45, 7) is 8.24. The Kier molecular flexibility index (Phi) is 9.85. The van der Waals surface area contributed by atoms with Crippen LogP contribution < -0.4 is 0 Å². The zero-order chi connectivity index (χ0) is 23.4. The van der Waals surface area contributed by atoms with Crippen molar-refractivity contribution in [3.05, 3.63) is 108 Å². The smallest absolute Gasteiger partial charge is 0.374 e. The third-order valence-corrected chi connectivity index (χ3v) is 8.73. The standard InChI is InChI=1S/C28H36O4Si/c1-4-30-33(31-5-2,32-6-3)24-16-23-29-28(25-17-10-7-11-18-25,26-19-12-8-13-20-26)27-21-14-9-15-22-27/h7-15,17-22H,4-6,16,23-24H2,1-3H3. The molecule has 176 valence electrons. The van der Waals surface area contributed by atoms with Gasteiger partial charge < -0.3 is 18.0 Å². The molecule has 0 bridgehead atoms. The van der Waals surface area contributed by atoms with Crippen LogP contribution in [0, 0.1) is 0 Å². The predicted octanol–water partition coefficient (Wildman–Crippen LogP) is 6.43. The Morgan fingerprint density at radius 1 is 0.576 bits per heavy atom. The maximum Gasteiger partial charge on any atom is 0.501 e. The van der Waals surface area contributed by atoms with E-state index in [1.165, 1.54) is 0 Å². The molecule has 3 aromatic carbocycles. The van der Waals surface area contributed by atoms with E-state index < -0.39 is 14.4 Å². The van der Waals surface area contributed by atoms with Gasteiger partial charge in [0.05, 0.1) is 0 Å². The van der Waals surface area contributed by atoms with Crippen molar-refractivity contribution in [3.63, 3.8) is 0 Å². The summed E-state index contributed by atoms with van der Waals surface area (Å²) in [5, 5.41) is 0. The van der Waals surface area contributed by atoms with Crippen LogP contribution in [0.2, 0.25) is 6.04 Å². The van der Waals surface area contributed by atoms with Crippen LogP contribution in [0.5, 0.6) is 0 Å². The minimum Gasteiger partial charge on any atom is -0.374 e. The largest absolute Gasteiger partial charge is 0.501 e. The van der Waals surface area contributed by atoms with Crippen LogP contribution in [0.15, 0.2) is 91.0 Å². The molecule has 0 saturated carbocycles. The van der Waals surface area contributed by atoms with E-state index in [-0.39, 0.29) is 0 Å². The highest BCUT2D eigenvalue weighted by atomic mass is 28.4. The zero-order valence-electron chi connectivity index (χ0n) is 20.0. The summed E-state index contributed by atoms with van der Waals surface area (Å²) in [4.78, 5) is 0. The van der Waals surface area contributed by atoms with Crippen LogP contribution in [0.25, 0.3) is 0 Å². The highest BCUT2D eigenvalue weighted by molar-refractivity contribution is 6.60. The molecule has 0 atom stereocenters. The molecule has 0 aliphatic carbocycles. The first-order valence-corrected chi connectivity index (χ1v) is 13.9. The van der Waals surface area contributed by atoms with Crippen LogP contribution in [0.3, 0.4) is 0 Å². The van der Waals surface area contributed by atoms with E-state index in [1.54, 1.807) is 0 Å². The molecule has 0 aliphatic rings. The molecular weight excluding hydrogens is 428 g/mol. The number of rotatable bonds is 14. The third kappa shape index (κ3) is 6.19. The van der Waals surface area contributed by atoms with E-state index in [9.17, 15) is 0 Å². The molecule has 0 fully saturated rings. The second-order valence-corrected chi connectivity index (χ2v) is 10.4. The van der Waals surface area contributed by atoms with E-state index >= 15 is 0 Å². The van der Waals surface area contributed by atoms with Gasteiger partial charge in [-0.3, -0.25) is 0 Å². The minimum atomic E-state index is -2.71. The first-order chi connectivity index (χ1) is 16.2. The van der Waals surface area contributed by atoms with Crippen LogP contribution in [0.4, 0.5) is 0 Å². The molecule has 0 radical (unpaired) electrons. The molecule has 0 saturated heterocycles. The number of hydrogen-bond acceptors (Lipinski definition) is 4. The highest BCUT2D eigenvalue weighted by Crippen LogP contribution is 2.40. The summed E-state index contributed by atoms with van der Waals surface area (Å²) >= 11 is 0. The van der Waals surface area contributed by atoms with Gasteiger partial charge in [0.25, 0.3) is 0 Å². The Hall–Kier alpha value is -2.28. The maximum atomic E-state index is 6.87. The van der Waals surface area contributed by atoms with Gasteiger partial charge in [0.1, 0.15) is 5.60 Å². The van der Waals surface area contributed by atoms with Gasteiger partial charge in [-0.25, -0.2) is 0 Å². The van der Waals surface area contributed by atoms with Crippen LogP contribution in [-0.2, 0) is 23.6 Å². The second kappa shape index (κ2) is 12.8. The van der Waals surface area contributed by atoms with Gasteiger partial charge in [0, 0.05) is 32.5 Å². The molecule has 0 heterocycles. The summed E-state index contributed by atoms with van der Waals surface area (Å²) in [7, 11) is -2.71. The van der Waals surface area contributed by atoms with E-state index in [0.29, 0.717) is 26.4 Å². The topological polar surface area (TPSA) is 36.9 Å². The van der Waals surface area contributed by atoms with Gasteiger partial charge in [-0.2, -0.15) is 0 Å². The highest BCUT2D eigenvalue weighted by Gasteiger charge is 2.41. The van der Waals surface area contributed by atoms with Crippen molar-refractivity contribution in [2.75, 3.05) is 26.4 Å². The molecule has 5 heteroatoms. The van der Waals surface area contributed by atoms with E-state index in [0.717, 1.165) is 29.2 Å².